The van der Waals surface area contributed by atoms with Crippen LogP contribution in [0.5, 0.6) is 0 Å². The Hall–Kier alpha value is -16.2. The molecule has 0 spiro atoms. The van der Waals surface area contributed by atoms with E-state index < -0.39 is 0 Å². The molecule has 0 saturated carbocycles. The highest BCUT2D eigenvalue weighted by Gasteiger charge is 2.24. The van der Waals surface area contributed by atoms with Gasteiger partial charge in [-0.1, -0.05) is 261 Å². The van der Waals surface area contributed by atoms with Crippen LogP contribution in [-0.2, 0) is 0 Å². The van der Waals surface area contributed by atoms with Gasteiger partial charge < -0.3 is 0 Å². The molecule has 17 aromatic carbocycles. The third-order valence-corrected chi connectivity index (χ3v) is 23.5. The minimum Gasteiger partial charge on any atom is -0.278 e. The van der Waals surface area contributed by atoms with Gasteiger partial charge in [0.05, 0.1) is 94.0 Å². The minimum absolute atomic E-state index is 0.927. The van der Waals surface area contributed by atoms with E-state index in [-0.39, 0.29) is 0 Å². The fraction of sp³-hybridized carbons (Fsp3) is 0.0364. The summed E-state index contributed by atoms with van der Waals surface area (Å²) in [5.41, 5.74) is 39.4. The number of benzene rings is 17. The van der Waals surface area contributed by atoms with Crippen LogP contribution in [-0.4, -0.2) is 55.8 Å². The van der Waals surface area contributed by atoms with Crippen molar-refractivity contribution in [2.75, 3.05) is 0 Å². The normalized spacial score (nSPS) is 11.6. The molecule has 0 fully saturated rings. The van der Waals surface area contributed by atoms with Crippen LogP contribution in [0.15, 0.2) is 413 Å². The van der Waals surface area contributed by atoms with Gasteiger partial charge in [0.15, 0.2) is 0 Å². The van der Waals surface area contributed by atoms with Gasteiger partial charge in [-0.05, 0) is 257 Å². The molecule has 122 heavy (non-hydrogen) atoms. The maximum atomic E-state index is 5.09. The molecule has 0 aliphatic carbocycles. The first-order valence-electron chi connectivity index (χ1n) is 41.4. The third-order valence-electron chi connectivity index (χ3n) is 23.5. The quantitative estimate of drug-likeness (QED) is 0.144. The number of rotatable bonds is 9. The summed E-state index contributed by atoms with van der Waals surface area (Å²) in [6, 6.07) is 146. The summed E-state index contributed by atoms with van der Waals surface area (Å²) >= 11 is 0. The lowest BCUT2D eigenvalue weighted by molar-refractivity contribution is 1.11. The molecule has 0 amide bonds. The molecule has 580 valence electrons. The van der Waals surface area contributed by atoms with E-state index >= 15 is 0 Å². The first-order valence-corrected chi connectivity index (χ1v) is 41.4. The van der Waals surface area contributed by atoms with Gasteiger partial charge in [0.2, 0.25) is 23.1 Å². The Bertz CT molecular complexity index is 8190. The van der Waals surface area contributed by atoms with E-state index in [0.717, 1.165) is 107 Å². The van der Waals surface area contributed by atoms with E-state index in [1.807, 2.05) is 30.3 Å². The average molecular weight is 1570 g/mol. The monoisotopic (exact) mass is 1570 g/mol. The molecule has 0 saturated heterocycles. The highest BCUT2D eigenvalue weighted by molar-refractivity contribution is 5.97. The molecule has 12 heteroatoms. The van der Waals surface area contributed by atoms with Gasteiger partial charge in [-0.25, -0.2) is 19.9 Å². The lowest BCUT2D eigenvalue weighted by Crippen LogP contribution is -1.97. The van der Waals surface area contributed by atoms with Crippen LogP contribution in [0.1, 0.15) is 22.3 Å². The van der Waals surface area contributed by atoms with Gasteiger partial charge >= 0.3 is 0 Å². The summed E-state index contributed by atoms with van der Waals surface area (Å²) in [6.07, 6.45) is 0. The summed E-state index contributed by atoms with van der Waals surface area (Å²) < 4.78 is 18.1. The summed E-state index contributed by atoms with van der Waals surface area (Å²) in [6.45, 7) is 8.55. The van der Waals surface area contributed by atoms with Crippen LogP contribution in [0, 0.1) is 27.7 Å². The number of aryl methyl sites for hydroxylation is 4. The predicted octanol–water partition coefficient (Wildman–Crippen LogP) is 27.3. The third kappa shape index (κ3) is 12.7. The number of para-hydroxylation sites is 9. The van der Waals surface area contributed by atoms with Crippen LogP contribution in [0.25, 0.3) is 190 Å². The fourth-order valence-electron chi connectivity index (χ4n) is 17.7. The number of imidazole rings is 8. The van der Waals surface area contributed by atoms with Gasteiger partial charge in [0.25, 0.3) is 0 Å². The first-order chi connectivity index (χ1) is 60.1. The Morgan fingerprint density at radius 1 is 0.148 bits per heavy atom. The minimum atomic E-state index is 0.927. The van der Waals surface area contributed by atoms with E-state index in [4.69, 9.17) is 19.9 Å². The van der Waals surface area contributed by atoms with Gasteiger partial charge in [0.1, 0.15) is 0 Å². The van der Waals surface area contributed by atoms with Crippen LogP contribution < -0.4 is 0 Å². The fourth-order valence-corrected chi connectivity index (χ4v) is 17.7. The molecule has 8 aromatic heterocycles. The molecule has 0 aliphatic heterocycles. The summed E-state index contributed by atoms with van der Waals surface area (Å²) in [4.78, 5) is 19.9. The lowest BCUT2D eigenvalue weighted by Gasteiger charge is -2.13. The van der Waals surface area contributed by atoms with Gasteiger partial charge in [-0.15, -0.1) is 0 Å². The lowest BCUT2D eigenvalue weighted by atomic mass is 9.98. The van der Waals surface area contributed by atoms with Crippen LogP contribution in [0.3, 0.4) is 0 Å². The molecule has 25 rings (SSSR count). The largest absolute Gasteiger partial charge is 0.278 e. The van der Waals surface area contributed by atoms with Crippen molar-refractivity contribution in [1.82, 2.24) is 55.8 Å². The van der Waals surface area contributed by atoms with Crippen molar-refractivity contribution in [3.63, 3.8) is 0 Å². The van der Waals surface area contributed by atoms with Gasteiger partial charge in [-0.3, -0.25) is 35.9 Å². The Morgan fingerprint density at radius 2 is 0.361 bits per heavy atom. The number of aromatic nitrogens is 12. The zero-order chi connectivity index (χ0) is 81.5. The van der Waals surface area contributed by atoms with E-state index in [0.29, 0.717) is 0 Å². The average Bonchev–Trinajstić information content (AvgIpc) is 1.58. The molecule has 8 heterocycles. The molecule has 25 aromatic rings. The molecule has 0 aliphatic rings. The number of nitrogens with zero attached hydrogens (tertiary/aromatic N) is 12. The summed E-state index contributed by atoms with van der Waals surface area (Å²) in [5.74, 6) is 3.76. The Labute approximate surface area is 703 Å². The van der Waals surface area contributed by atoms with Crippen molar-refractivity contribution in [2.24, 2.45) is 0 Å². The van der Waals surface area contributed by atoms with Crippen LogP contribution >= 0.6 is 0 Å². The van der Waals surface area contributed by atoms with Crippen LogP contribution in [0.2, 0.25) is 0 Å². The maximum Gasteiger partial charge on any atom is 0.220 e. The molecular weight excluding hydrogens is 1490 g/mol. The Balaban J connectivity index is 0.0000000983. The first kappa shape index (κ1) is 72.3. The zero-order valence-electron chi connectivity index (χ0n) is 67.6. The van der Waals surface area contributed by atoms with E-state index in [2.05, 4.69) is 446 Å². The van der Waals surface area contributed by atoms with Crippen LogP contribution in [0.4, 0.5) is 0 Å². The van der Waals surface area contributed by atoms with Crippen molar-refractivity contribution in [3.05, 3.63) is 435 Å². The van der Waals surface area contributed by atoms with Crippen molar-refractivity contribution in [3.8, 4) is 78.4 Å². The number of hydrogen-bond acceptors (Lipinski definition) is 4. The van der Waals surface area contributed by atoms with Crippen molar-refractivity contribution >= 4 is 111 Å². The van der Waals surface area contributed by atoms with Gasteiger partial charge in [0, 0.05) is 17.1 Å². The molecule has 12 nitrogen and oxygen atoms in total. The topological polar surface area (TPSA) is 88.9 Å². The highest BCUT2D eigenvalue weighted by atomic mass is 15.2. The summed E-state index contributed by atoms with van der Waals surface area (Å²) in [5, 5.41) is 0. The molecular formula is C110H80N12. The van der Waals surface area contributed by atoms with Crippen molar-refractivity contribution < 1.29 is 0 Å². The molecule has 0 N–H and O–H groups in total. The maximum absolute atomic E-state index is 5.09. The molecule has 0 radical (unpaired) electrons. The number of fused-ring (bicyclic) bond motifs is 20. The van der Waals surface area contributed by atoms with Crippen molar-refractivity contribution in [2.45, 2.75) is 27.7 Å². The standard InChI is InChI=1S/2C32H23N3.C26H19N3.C20H15N3/c1-22-16-17-30-31(18-22)35-29-15-9-8-14-28(29)33-32(35)34(30)27-20-25(23-10-4-2-5-11-23)19-26(21-27)24-12-6-3-7-13-24;1-22-11-20-30-31(21-22)35-29-10-6-5-9-28(29)33-32(35)34(30)27-18-16-26(17-19-27)25-14-12-24(13-15-25)23-7-3-2-4-8-23;1-18-11-16-24-25(17-18)29-23-10-6-5-9-22(23)27-26(29)28(24)21-14-12-20(13-15-21)19-7-3-2-4-8-19;1-14-11-12-18-19(13-14)23-17-10-6-5-9-16(17)21-20(23)22(18)15-7-3-2-4-8-15/h2*2-21H,1H3;2-17H,1H3;2-13H,1H3. The highest BCUT2D eigenvalue weighted by Crippen LogP contribution is 2.39. The smallest absolute Gasteiger partial charge is 0.220 e. The van der Waals surface area contributed by atoms with E-state index in [1.165, 1.54) is 105 Å². The summed E-state index contributed by atoms with van der Waals surface area (Å²) in [7, 11) is 0. The SMILES string of the molecule is Cc1ccc2c(c1)n1c3ccccc3nc1n2-c1cc(-c2ccccc2)cc(-c2ccccc2)c1.Cc1ccc2c(c1)n1c3ccccc3nc1n2-c1ccc(-c2ccc(-c3ccccc3)cc2)cc1.Cc1ccc2c(c1)n1c3ccccc3nc1n2-c1ccc(-c2ccccc2)cc1.Cc1ccc2c(c1)n1c3ccccc3nc1n2-c1ccccc1. The van der Waals surface area contributed by atoms with Crippen molar-refractivity contribution in [1.29, 1.82) is 0 Å². The Morgan fingerprint density at radius 3 is 0.639 bits per heavy atom. The second kappa shape index (κ2) is 30.1. The molecule has 0 unspecified atom stereocenters. The van der Waals surface area contributed by atoms with Gasteiger partial charge in [-0.2, -0.15) is 0 Å². The zero-order valence-corrected chi connectivity index (χ0v) is 67.6. The number of hydrogen-bond donors (Lipinski definition) is 0. The van der Waals surface area contributed by atoms with E-state index in [1.54, 1.807) is 0 Å². The predicted molar refractivity (Wildman–Crippen MR) is 504 cm³/mol. The second-order valence-corrected chi connectivity index (χ2v) is 31.5. The molecule has 0 bridgehead atoms. The van der Waals surface area contributed by atoms with E-state index in [9.17, 15) is 0 Å². The Kier molecular flexibility index (Phi) is 17.8. The molecule has 0 atom stereocenters. The second-order valence-electron chi connectivity index (χ2n) is 31.5.